The molecule has 0 heterocycles. The third-order valence-corrected chi connectivity index (χ3v) is 14.0. The number of rotatable bonds is 7. The molecule has 3 nitrogen and oxygen atoms in total. The van der Waals surface area contributed by atoms with Crippen molar-refractivity contribution in [3.63, 3.8) is 0 Å². The van der Waals surface area contributed by atoms with Crippen LogP contribution < -0.4 is 0 Å². The van der Waals surface area contributed by atoms with Gasteiger partial charge in [-0.3, -0.25) is 0 Å². The van der Waals surface area contributed by atoms with Crippen molar-refractivity contribution in [2.24, 2.45) is 10.3 Å². The van der Waals surface area contributed by atoms with E-state index in [1.54, 1.807) is 0 Å². The molecule has 0 aliphatic carbocycles. The first-order valence-electron chi connectivity index (χ1n) is 8.83. The molecular formula is C19H34INO2SSi. The van der Waals surface area contributed by atoms with Gasteiger partial charge in [0, 0.05) is 4.90 Å². The summed E-state index contributed by atoms with van der Waals surface area (Å²) in [6, 6.07) is 7.86. The maximum absolute atomic E-state index is 13.5. The van der Waals surface area contributed by atoms with Crippen molar-refractivity contribution in [1.29, 1.82) is 0 Å². The highest BCUT2D eigenvalue weighted by Gasteiger charge is 2.38. The van der Waals surface area contributed by atoms with Crippen molar-refractivity contribution < 1.29 is 8.63 Å². The number of halogens is 1. The second-order valence-electron chi connectivity index (χ2n) is 8.55. The Hall–Kier alpha value is 0.0769. The molecule has 0 amide bonds. The fraction of sp³-hybridized carbons (Fsp3) is 0.684. The molecule has 1 unspecified atom stereocenters. The summed E-state index contributed by atoms with van der Waals surface area (Å²) in [6.45, 7) is 18.1. The summed E-state index contributed by atoms with van der Waals surface area (Å²) < 4.78 is 25.2. The Bertz CT molecular complexity index is 672. The monoisotopic (exact) mass is 495 g/mol. The van der Waals surface area contributed by atoms with Crippen LogP contribution in [0, 0.1) is 12.8 Å². The van der Waals surface area contributed by atoms with Gasteiger partial charge in [0.05, 0.1) is 26.1 Å². The molecule has 25 heavy (non-hydrogen) atoms. The number of aryl methyl sites for hydroxylation is 1. The second-order valence-corrected chi connectivity index (χ2v) is 17.4. The molecule has 0 N–H and O–H groups in total. The highest BCUT2D eigenvalue weighted by molar-refractivity contribution is 14.1. The number of nitrogens with zero attached hydrogens (tertiary/aromatic N) is 1. The zero-order valence-corrected chi connectivity index (χ0v) is 20.9. The van der Waals surface area contributed by atoms with Gasteiger partial charge in [0.25, 0.3) is 0 Å². The molecule has 0 saturated heterocycles. The summed E-state index contributed by atoms with van der Waals surface area (Å²) in [4.78, 5) is 0.825. The summed E-state index contributed by atoms with van der Waals surface area (Å²) in [5.74, 6) is 0.291. The van der Waals surface area contributed by atoms with Crippen LogP contribution in [0.2, 0.25) is 18.1 Å². The van der Waals surface area contributed by atoms with Crippen LogP contribution in [0.25, 0.3) is 0 Å². The Morgan fingerprint density at radius 1 is 1.20 bits per heavy atom. The lowest BCUT2D eigenvalue weighted by Crippen LogP contribution is -2.43. The Morgan fingerprint density at radius 3 is 2.12 bits per heavy atom. The molecule has 144 valence electrons. The van der Waals surface area contributed by atoms with Crippen LogP contribution in [-0.4, -0.2) is 28.9 Å². The standard InChI is InChI=1S/C19H34INO2SSi/c1-15(2)18(13-23-25(7,8)19(4,5)6)21-24(22,14-20)17-11-9-16(3)10-12-17/h9-12,15,18H,13-14H2,1-8H3/t18-,24?/m1/s1. The lowest BCUT2D eigenvalue weighted by Gasteiger charge is -2.37. The van der Waals surface area contributed by atoms with Crippen LogP contribution in [-0.2, 0) is 14.2 Å². The molecule has 0 saturated carbocycles. The molecule has 0 aliphatic rings. The van der Waals surface area contributed by atoms with Crippen LogP contribution >= 0.6 is 22.6 Å². The molecule has 0 bridgehead atoms. The number of hydrogen-bond acceptors (Lipinski definition) is 3. The zero-order valence-electron chi connectivity index (χ0n) is 16.9. The summed E-state index contributed by atoms with van der Waals surface area (Å²) in [5, 5.41) is 0.163. The summed E-state index contributed by atoms with van der Waals surface area (Å²) in [5.41, 5.74) is 1.17. The van der Waals surface area contributed by atoms with Gasteiger partial charge in [0.1, 0.15) is 0 Å². The third kappa shape index (κ3) is 6.32. The van der Waals surface area contributed by atoms with E-state index in [0.29, 0.717) is 16.3 Å². The predicted molar refractivity (Wildman–Crippen MR) is 121 cm³/mol. The van der Waals surface area contributed by atoms with Gasteiger partial charge in [-0.2, -0.15) is 0 Å². The zero-order chi connectivity index (χ0) is 19.5. The minimum Gasteiger partial charge on any atom is -0.415 e. The average Bonchev–Trinajstić information content (AvgIpc) is 2.50. The Balaban J connectivity index is 3.14. The van der Waals surface area contributed by atoms with Crippen molar-refractivity contribution in [2.45, 2.75) is 70.6 Å². The van der Waals surface area contributed by atoms with E-state index in [0.717, 1.165) is 4.90 Å². The summed E-state index contributed by atoms with van der Waals surface area (Å²) >= 11 is 2.19. The molecule has 0 fully saturated rings. The quantitative estimate of drug-likeness (QED) is 0.254. The number of alkyl halides is 1. The van der Waals surface area contributed by atoms with Crippen molar-refractivity contribution in [3.05, 3.63) is 29.8 Å². The summed E-state index contributed by atoms with van der Waals surface area (Å²) in [7, 11) is -4.26. The van der Waals surface area contributed by atoms with Crippen LogP contribution in [0.1, 0.15) is 40.2 Å². The van der Waals surface area contributed by atoms with E-state index in [4.69, 9.17) is 8.79 Å². The lowest BCUT2D eigenvalue weighted by molar-refractivity contribution is 0.240. The second kappa shape index (κ2) is 8.84. The third-order valence-electron chi connectivity index (χ3n) is 5.03. The van der Waals surface area contributed by atoms with E-state index in [1.807, 2.05) is 31.2 Å². The minimum absolute atomic E-state index is 0.0577. The van der Waals surface area contributed by atoms with Crippen LogP contribution in [0.15, 0.2) is 33.5 Å². The van der Waals surface area contributed by atoms with Gasteiger partial charge < -0.3 is 4.43 Å². The van der Waals surface area contributed by atoms with Crippen molar-refractivity contribution in [1.82, 2.24) is 0 Å². The first-order chi connectivity index (χ1) is 11.3. The first-order valence-corrected chi connectivity index (χ1v) is 14.9. The molecule has 0 radical (unpaired) electrons. The van der Waals surface area contributed by atoms with Gasteiger partial charge in [-0.25, -0.2) is 8.57 Å². The highest BCUT2D eigenvalue weighted by Crippen LogP contribution is 2.37. The number of benzene rings is 1. The van der Waals surface area contributed by atoms with E-state index >= 15 is 0 Å². The van der Waals surface area contributed by atoms with Gasteiger partial charge in [-0.05, 0) is 43.1 Å². The molecule has 0 aromatic heterocycles. The molecule has 1 aromatic carbocycles. The fourth-order valence-electron chi connectivity index (χ4n) is 1.98. The van der Waals surface area contributed by atoms with Gasteiger partial charge in [-0.1, -0.05) is 74.9 Å². The smallest absolute Gasteiger partial charge is 0.192 e. The van der Waals surface area contributed by atoms with Gasteiger partial charge in [0.2, 0.25) is 0 Å². The van der Waals surface area contributed by atoms with Crippen molar-refractivity contribution in [2.75, 3.05) is 10.4 Å². The Morgan fingerprint density at radius 2 is 1.72 bits per heavy atom. The predicted octanol–water partition coefficient (Wildman–Crippen LogP) is 6.26. The molecule has 1 rings (SSSR count). The van der Waals surface area contributed by atoms with Crippen molar-refractivity contribution >= 4 is 40.6 Å². The van der Waals surface area contributed by atoms with E-state index in [2.05, 4.69) is 70.3 Å². The van der Waals surface area contributed by atoms with Gasteiger partial charge in [0.15, 0.2) is 8.32 Å². The van der Waals surface area contributed by atoms with Gasteiger partial charge >= 0.3 is 0 Å². The highest BCUT2D eigenvalue weighted by atomic mass is 127. The first kappa shape index (κ1) is 23.1. The van der Waals surface area contributed by atoms with Crippen LogP contribution in [0.5, 0.6) is 0 Å². The van der Waals surface area contributed by atoms with E-state index < -0.39 is 18.0 Å². The maximum atomic E-state index is 13.5. The fourth-order valence-corrected chi connectivity index (χ4v) is 6.17. The van der Waals surface area contributed by atoms with E-state index in [-0.39, 0.29) is 11.1 Å². The molecule has 1 aromatic rings. The van der Waals surface area contributed by atoms with Gasteiger partial charge in [-0.15, -0.1) is 0 Å². The lowest BCUT2D eigenvalue weighted by atomic mass is 10.1. The van der Waals surface area contributed by atoms with Crippen LogP contribution in [0.4, 0.5) is 0 Å². The topological polar surface area (TPSA) is 38.7 Å². The summed E-state index contributed by atoms with van der Waals surface area (Å²) in [6.07, 6.45) is 0. The molecule has 2 atom stereocenters. The normalized spacial score (nSPS) is 16.6. The van der Waals surface area contributed by atoms with Crippen molar-refractivity contribution in [3.8, 4) is 0 Å². The SMILES string of the molecule is Cc1ccc(S(=O)(CI)=N[C@H](CO[Si](C)(C)C(C)(C)C)C(C)C)cc1. The molecular weight excluding hydrogens is 461 g/mol. The van der Waals surface area contributed by atoms with E-state index in [9.17, 15) is 4.21 Å². The maximum Gasteiger partial charge on any atom is 0.192 e. The minimum atomic E-state index is -2.42. The molecule has 0 spiro atoms. The Kier molecular flexibility index (Phi) is 8.18. The molecule has 0 aliphatic heterocycles. The largest absolute Gasteiger partial charge is 0.415 e. The van der Waals surface area contributed by atoms with E-state index in [1.165, 1.54) is 5.56 Å². The molecule has 6 heteroatoms. The van der Waals surface area contributed by atoms with Crippen LogP contribution in [0.3, 0.4) is 0 Å². The average molecular weight is 496 g/mol. The number of hydrogen-bond donors (Lipinski definition) is 0. The Labute approximate surface area is 169 Å².